The molecule has 0 unspecified atom stereocenters. The van der Waals surface area contributed by atoms with E-state index in [1.165, 1.54) is 11.3 Å². The summed E-state index contributed by atoms with van der Waals surface area (Å²) in [5.41, 5.74) is 1.17. The summed E-state index contributed by atoms with van der Waals surface area (Å²) in [6.07, 6.45) is 3.16. The fourth-order valence-electron chi connectivity index (χ4n) is 2.57. The Hall–Kier alpha value is -3.17. The van der Waals surface area contributed by atoms with E-state index in [-0.39, 0.29) is 12.5 Å². The van der Waals surface area contributed by atoms with Gasteiger partial charge in [0.05, 0.1) is 0 Å². The molecule has 0 saturated carbocycles. The first-order valence-electron chi connectivity index (χ1n) is 8.47. The first kappa shape index (κ1) is 19.2. The van der Waals surface area contributed by atoms with Gasteiger partial charge < -0.3 is 14.8 Å². The lowest BCUT2D eigenvalue weighted by atomic mass is 10.1. The standard InChI is InChI=1S/C20H14BrN3O4S/c21-14-4-2-13(3-5-14)18(25)23-15(19(26)24-20-22-7-8-29-20)9-12-1-6-16-17(10-12)28-11-27-16/h1-10H,11H2,(H,23,25)(H,22,24,26)/b15-9-. The Labute approximate surface area is 178 Å². The van der Waals surface area contributed by atoms with Gasteiger partial charge >= 0.3 is 0 Å². The molecular weight excluding hydrogens is 458 g/mol. The van der Waals surface area contributed by atoms with Crippen LogP contribution in [0.25, 0.3) is 6.08 Å². The number of benzene rings is 2. The van der Waals surface area contributed by atoms with Gasteiger partial charge in [-0.2, -0.15) is 0 Å². The predicted molar refractivity (Wildman–Crippen MR) is 113 cm³/mol. The van der Waals surface area contributed by atoms with Crippen LogP contribution in [0.4, 0.5) is 5.13 Å². The number of nitrogens with zero attached hydrogens (tertiary/aromatic N) is 1. The van der Waals surface area contributed by atoms with Crippen LogP contribution in [0.2, 0.25) is 0 Å². The van der Waals surface area contributed by atoms with Crippen molar-refractivity contribution in [1.29, 1.82) is 0 Å². The SMILES string of the molecule is O=C(Nc1nccs1)/C(=C/c1ccc2c(c1)OCO2)NC(=O)c1ccc(Br)cc1. The molecular formula is C20H14BrN3O4S. The number of amides is 2. The molecule has 4 rings (SSSR count). The van der Waals surface area contributed by atoms with Crippen molar-refractivity contribution >= 4 is 50.3 Å². The van der Waals surface area contributed by atoms with Crippen LogP contribution < -0.4 is 20.1 Å². The predicted octanol–water partition coefficient (Wildman–Crippen LogP) is 4.04. The van der Waals surface area contributed by atoms with Crippen molar-refractivity contribution in [2.75, 3.05) is 12.1 Å². The van der Waals surface area contributed by atoms with E-state index < -0.39 is 11.8 Å². The Morgan fingerprint density at radius 1 is 1.10 bits per heavy atom. The number of fused-ring (bicyclic) bond motifs is 1. The van der Waals surface area contributed by atoms with Crippen LogP contribution in [-0.2, 0) is 4.79 Å². The Morgan fingerprint density at radius 2 is 1.90 bits per heavy atom. The van der Waals surface area contributed by atoms with Crippen LogP contribution in [0.1, 0.15) is 15.9 Å². The molecule has 0 fully saturated rings. The summed E-state index contributed by atoms with van der Waals surface area (Å²) in [6, 6.07) is 12.1. The highest BCUT2D eigenvalue weighted by molar-refractivity contribution is 9.10. The molecule has 146 valence electrons. The van der Waals surface area contributed by atoms with Crippen LogP contribution in [-0.4, -0.2) is 23.6 Å². The van der Waals surface area contributed by atoms with Crippen LogP contribution >= 0.6 is 27.3 Å². The third-order valence-corrected chi connectivity index (χ3v) is 5.18. The maximum absolute atomic E-state index is 12.8. The second-order valence-electron chi connectivity index (χ2n) is 5.92. The number of rotatable bonds is 5. The lowest BCUT2D eigenvalue weighted by Crippen LogP contribution is -2.30. The van der Waals surface area contributed by atoms with Gasteiger partial charge in [0, 0.05) is 21.6 Å². The van der Waals surface area contributed by atoms with Crippen LogP contribution in [0, 0.1) is 0 Å². The molecule has 0 aliphatic carbocycles. The quantitative estimate of drug-likeness (QED) is 0.548. The number of hydrogen-bond donors (Lipinski definition) is 2. The molecule has 1 aliphatic heterocycles. The maximum atomic E-state index is 12.8. The number of ether oxygens (including phenoxy) is 2. The van der Waals surface area contributed by atoms with Crippen LogP contribution in [0.3, 0.4) is 0 Å². The zero-order valence-corrected chi connectivity index (χ0v) is 17.2. The van der Waals surface area contributed by atoms with E-state index in [1.54, 1.807) is 60.1 Å². The molecule has 2 aromatic carbocycles. The minimum absolute atomic E-state index is 0.0759. The second kappa shape index (κ2) is 8.46. The topological polar surface area (TPSA) is 89.6 Å². The molecule has 1 aromatic heterocycles. The number of thiazole rings is 1. The average Bonchev–Trinajstić information content (AvgIpc) is 3.39. The van der Waals surface area contributed by atoms with Crippen molar-refractivity contribution in [3.63, 3.8) is 0 Å². The highest BCUT2D eigenvalue weighted by Gasteiger charge is 2.17. The Balaban J connectivity index is 1.62. The molecule has 0 radical (unpaired) electrons. The van der Waals surface area contributed by atoms with Gasteiger partial charge in [0.15, 0.2) is 16.6 Å². The maximum Gasteiger partial charge on any atom is 0.273 e. The second-order valence-corrected chi connectivity index (χ2v) is 7.73. The fraction of sp³-hybridized carbons (Fsp3) is 0.0500. The molecule has 0 bridgehead atoms. The van der Waals surface area contributed by atoms with Crippen LogP contribution in [0.15, 0.2) is 64.2 Å². The summed E-state index contributed by atoms with van der Waals surface area (Å²) >= 11 is 4.62. The van der Waals surface area contributed by atoms with Crippen molar-refractivity contribution in [3.05, 3.63) is 75.3 Å². The van der Waals surface area contributed by atoms with Gasteiger partial charge in [-0.3, -0.25) is 14.9 Å². The van der Waals surface area contributed by atoms with Gasteiger partial charge in [0.1, 0.15) is 5.70 Å². The minimum atomic E-state index is -0.483. The molecule has 0 spiro atoms. The number of anilines is 1. The van der Waals surface area contributed by atoms with Crippen molar-refractivity contribution < 1.29 is 19.1 Å². The molecule has 29 heavy (non-hydrogen) atoms. The smallest absolute Gasteiger partial charge is 0.273 e. The molecule has 7 nitrogen and oxygen atoms in total. The number of hydrogen-bond acceptors (Lipinski definition) is 6. The minimum Gasteiger partial charge on any atom is -0.454 e. The Bertz CT molecular complexity index is 1080. The Morgan fingerprint density at radius 3 is 2.66 bits per heavy atom. The third-order valence-electron chi connectivity index (χ3n) is 3.96. The first-order chi connectivity index (χ1) is 14.1. The van der Waals surface area contributed by atoms with E-state index in [0.717, 1.165) is 4.47 Å². The van der Waals surface area contributed by atoms with Gasteiger partial charge in [0.2, 0.25) is 6.79 Å². The highest BCUT2D eigenvalue weighted by atomic mass is 79.9. The van der Waals surface area contributed by atoms with E-state index in [9.17, 15) is 9.59 Å². The number of halogens is 1. The number of nitrogens with one attached hydrogen (secondary N) is 2. The molecule has 2 N–H and O–H groups in total. The van der Waals surface area contributed by atoms with Gasteiger partial charge in [-0.1, -0.05) is 22.0 Å². The summed E-state index contributed by atoms with van der Waals surface area (Å²) < 4.78 is 11.5. The zero-order valence-electron chi connectivity index (χ0n) is 14.8. The molecule has 1 aliphatic rings. The van der Waals surface area contributed by atoms with Crippen molar-refractivity contribution in [1.82, 2.24) is 10.3 Å². The molecule has 0 saturated heterocycles. The summed E-state index contributed by atoms with van der Waals surface area (Å²) in [4.78, 5) is 29.5. The largest absolute Gasteiger partial charge is 0.454 e. The van der Waals surface area contributed by atoms with Crippen molar-refractivity contribution in [2.24, 2.45) is 0 Å². The van der Waals surface area contributed by atoms with Gasteiger partial charge in [-0.15, -0.1) is 11.3 Å². The lowest BCUT2D eigenvalue weighted by Gasteiger charge is -2.10. The summed E-state index contributed by atoms with van der Waals surface area (Å²) in [5, 5.41) is 7.55. The highest BCUT2D eigenvalue weighted by Crippen LogP contribution is 2.33. The third kappa shape index (κ3) is 4.64. The van der Waals surface area contributed by atoms with Crippen LogP contribution in [0.5, 0.6) is 11.5 Å². The number of carbonyl (C=O) groups is 2. The lowest BCUT2D eigenvalue weighted by molar-refractivity contribution is -0.113. The number of carbonyl (C=O) groups excluding carboxylic acids is 2. The van der Waals surface area contributed by atoms with E-state index in [4.69, 9.17) is 9.47 Å². The van der Waals surface area contributed by atoms with Crippen molar-refractivity contribution in [3.8, 4) is 11.5 Å². The summed E-state index contributed by atoms with van der Waals surface area (Å²) in [7, 11) is 0. The van der Waals surface area contributed by atoms with Gasteiger partial charge in [-0.25, -0.2) is 4.98 Å². The summed E-state index contributed by atoms with van der Waals surface area (Å²) in [6.45, 7) is 0.153. The molecule has 2 heterocycles. The average molecular weight is 472 g/mol. The van der Waals surface area contributed by atoms with E-state index >= 15 is 0 Å². The van der Waals surface area contributed by atoms with Gasteiger partial charge in [0.25, 0.3) is 11.8 Å². The van der Waals surface area contributed by atoms with Gasteiger partial charge in [-0.05, 0) is 48.0 Å². The normalized spacial score (nSPS) is 12.5. The first-order valence-corrected chi connectivity index (χ1v) is 10.1. The summed E-state index contributed by atoms with van der Waals surface area (Å²) in [5.74, 6) is 0.328. The molecule has 3 aromatic rings. The number of aromatic nitrogens is 1. The van der Waals surface area contributed by atoms with Crippen molar-refractivity contribution in [2.45, 2.75) is 0 Å². The zero-order chi connectivity index (χ0) is 20.2. The van der Waals surface area contributed by atoms with E-state index in [1.807, 2.05) is 0 Å². The molecule has 2 amide bonds. The molecule has 9 heteroatoms. The monoisotopic (exact) mass is 471 g/mol. The van der Waals surface area contributed by atoms with E-state index in [0.29, 0.717) is 27.8 Å². The Kier molecular flexibility index (Phi) is 5.59. The molecule has 0 atom stereocenters. The van der Waals surface area contributed by atoms with E-state index in [2.05, 4.69) is 31.5 Å². The fourth-order valence-corrected chi connectivity index (χ4v) is 3.36.